The smallest absolute Gasteiger partial charge is 0.266 e. The number of anilines is 1. The normalized spacial score (nSPS) is 11.2. The third-order valence-corrected chi connectivity index (χ3v) is 6.12. The maximum atomic E-state index is 12.8. The topological polar surface area (TPSA) is 71.3 Å². The predicted molar refractivity (Wildman–Crippen MR) is 149 cm³/mol. The van der Waals surface area contributed by atoms with Crippen molar-refractivity contribution in [1.82, 2.24) is 0 Å². The molecule has 4 aromatic rings. The molecule has 0 aromatic heterocycles. The number of benzene rings is 4. The first-order valence-corrected chi connectivity index (χ1v) is 12.3. The van der Waals surface area contributed by atoms with Crippen molar-refractivity contribution in [2.75, 3.05) is 11.9 Å². The van der Waals surface area contributed by atoms with Gasteiger partial charge < -0.3 is 14.8 Å². The highest BCUT2D eigenvalue weighted by molar-refractivity contribution is 6.32. The molecule has 0 unspecified atom stereocenters. The van der Waals surface area contributed by atoms with Crippen LogP contribution in [-0.4, -0.2) is 12.5 Å². The summed E-state index contributed by atoms with van der Waals surface area (Å²) >= 11 is 6.59. The van der Waals surface area contributed by atoms with E-state index in [0.29, 0.717) is 41.0 Å². The molecule has 6 heteroatoms. The van der Waals surface area contributed by atoms with Gasteiger partial charge in [0.2, 0.25) is 0 Å². The summed E-state index contributed by atoms with van der Waals surface area (Å²) in [5, 5.41) is 15.1. The zero-order valence-corrected chi connectivity index (χ0v) is 21.7. The molecule has 0 aliphatic carbocycles. The van der Waals surface area contributed by atoms with Crippen molar-refractivity contribution in [2.24, 2.45) is 0 Å². The number of halogens is 1. The van der Waals surface area contributed by atoms with Gasteiger partial charge in [0.15, 0.2) is 11.5 Å². The number of fused-ring (bicyclic) bond motifs is 1. The molecule has 1 amide bonds. The summed E-state index contributed by atoms with van der Waals surface area (Å²) in [6, 6.07) is 25.3. The van der Waals surface area contributed by atoms with Crippen molar-refractivity contribution in [3.05, 3.63) is 106 Å². The molecule has 0 spiro atoms. The number of hydrogen-bond donors (Lipinski definition) is 1. The highest BCUT2D eigenvalue weighted by atomic mass is 35.5. The van der Waals surface area contributed by atoms with Gasteiger partial charge in [0.25, 0.3) is 5.91 Å². The Kier molecular flexibility index (Phi) is 8.12. The molecule has 0 aliphatic heterocycles. The summed E-state index contributed by atoms with van der Waals surface area (Å²) < 4.78 is 11.9. The van der Waals surface area contributed by atoms with E-state index in [1.54, 1.807) is 12.1 Å². The lowest BCUT2D eigenvalue weighted by Gasteiger charge is -2.15. The van der Waals surface area contributed by atoms with Gasteiger partial charge in [-0.1, -0.05) is 65.7 Å². The highest BCUT2D eigenvalue weighted by Crippen LogP contribution is 2.38. The molecular formula is C31H27ClN2O3. The Balaban J connectivity index is 1.57. The van der Waals surface area contributed by atoms with Crippen molar-refractivity contribution in [1.29, 1.82) is 5.26 Å². The van der Waals surface area contributed by atoms with E-state index >= 15 is 0 Å². The molecule has 186 valence electrons. The minimum atomic E-state index is -0.500. The van der Waals surface area contributed by atoms with Gasteiger partial charge in [-0.2, -0.15) is 5.26 Å². The SMILES string of the molecule is CCOc1cc(/C=C(\C#N)C(=O)Nc2ccc(C)cc2C)cc(Cl)c1OCc1ccc2ccccc2c1. The van der Waals surface area contributed by atoms with Crippen LogP contribution >= 0.6 is 11.6 Å². The van der Waals surface area contributed by atoms with Crippen LogP contribution in [0.2, 0.25) is 5.02 Å². The minimum absolute atomic E-state index is 0.0525. The van der Waals surface area contributed by atoms with E-state index in [1.165, 1.54) is 6.08 Å². The third-order valence-electron chi connectivity index (χ3n) is 5.83. The molecule has 0 saturated carbocycles. The summed E-state index contributed by atoms with van der Waals surface area (Å²) in [4.78, 5) is 12.8. The van der Waals surface area contributed by atoms with Gasteiger partial charge in [0.05, 0.1) is 11.6 Å². The first-order valence-electron chi connectivity index (χ1n) is 11.9. The molecule has 0 fully saturated rings. The maximum absolute atomic E-state index is 12.8. The number of aryl methyl sites for hydroxylation is 2. The van der Waals surface area contributed by atoms with Crippen LogP contribution in [-0.2, 0) is 11.4 Å². The Labute approximate surface area is 221 Å². The third kappa shape index (κ3) is 6.30. The molecule has 0 radical (unpaired) electrons. The average Bonchev–Trinajstić information content (AvgIpc) is 2.88. The van der Waals surface area contributed by atoms with Crippen LogP contribution in [0, 0.1) is 25.2 Å². The summed E-state index contributed by atoms with van der Waals surface area (Å²) in [6.07, 6.45) is 1.49. The Hall–Kier alpha value is -4.27. The van der Waals surface area contributed by atoms with Crippen molar-refractivity contribution >= 4 is 40.0 Å². The molecule has 0 atom stereocenters. The molecule has 4 rings (SSSR count). The highest BCUT2D eigenvalue weighted by Gasteiger charge is 2.15. The van der Waals surface area contributed by atoms with Gasteiger partial charge in [0.1, 0.15) is 18.2 Å². The van der Waals surface area contributed by atoms with Gasteiger partial charge in [-0.15, -0.1) is 0 Å². The van der Waals surface area contributed by atoms with Crippen molar-refractivity contribution in [3.8, 4) is 17.6 Å². The van der Waals surface area contributed by atoms with Crippen LogP contribution in [0.4, 0.5) is 5.69 Å². The summed E-state index contributed by atoms with van der Waals surface area (Å²) in [5.41, 5.74) is 4.16. The van der Waals surface area contributed by atoms with E-state index < -0.39 is 5.91 Å². The Morgan fingerprint density at radius 3 is 2.51 bits per heavy atom. The van der Waals surface area contributed by atoms with Crippen molar-refractivity contribution in [2.45, 2.75) is 27.4 Å². The van der Waals surface area contributed by atoms with E-state index in [-0.39, 0.29) is 5.57 Å². The van der Waals surface area contributed by atoms with E-state index in [1.807, 2.05) is 63.2 Å². The van der Waals surface area contributed by atoms with Gasteiger partial charge in [-0.3, -0.25) is 4.79 Å². The number of nitrogens with zero attached hydrogens (tertiary/aromatic N) is 1. The lowest BCUT2D eigenvalue weighted by Crippen LogP contribution is -2.14. The van der Waals surface area contributed by atoms with E-state index in [2.05, 4.69) is 29.6 Å². The zero-order valence-electron chi connectivity index (χ0n) is 21.0. The zero-order chi connectivity index (χ0) is 26.4. The van der Waals surface area contributed by atoms with E-state index in [0.717, 1.165) is 27.5 Å². The monoisotopic (exact) mass is 510 g/mol. The minimum Gasteiger partial charge on any atom is -0.490 e. The molecule has 0 bridgehead atoms. The number of carbonyl (C=O) groups excluding carboxylic acids is 1. The Morgan fingerprint density at radius 1 is 1.00 bits per heavy atom. The average molecular weight is 511 g/mol. The van der Waals surface area contributed by atoms with Crippen LogP contribution in [0.25, 0.3) is 16.8 Å². The van der Waals surface area contributed by atoms with Gasteiger partial charge in [0, 0.05) is 5.69 Å². The molecule has 5 nitrogen and oxygen atoms in total. The largest absolute Gasteiger partial charge is 0.490 e. The number of amides is 1. The quantitative estimate of drug-likeness (QED) is 0.195. The summed E-state index contributed by atoms with van der Waals surface area (Å²) in [5.74, 6) is 0.348. The van der Waals surface area contributed by atoms with Gasteiger partial charge in [-0.05, 0) is 78.6 Å². The first kappa shape index (κ1) is 25.8. The molecular weight excluding hydrogens is 484 g/mol. The number of nitrogens with one attached hydrogen (secondary N) is 1. The number of hydrogen-bond acceptors (Lipinski definition) is 4. The molecule has 37 heavy (non-hydrogen) atoms. The number of carbonyl (C=O) groups is 1. The lowest BCUT2D eigenvalue weighted by molar-refractivity contribution is -0.112. The predicted octanol–water partition coefficient (Wildman–Crippen LogP) is 7.63. The summed E-state index contributed by atoms with van der Waals surface area (Å²) in [7, 11) is 0. The van der Waals surface area contributed by atoms with Crippen molar-refractivity contribution in [3.63, 3.8) is 0 Å². The second-order valence-electron chi connectivity index (χ2n) is 8.68. The Bertz CT molecular complexity index is 1540. The number of rotatable bonds is 8. The Morgan fingerprint density at radius 2 is 1.78 bits per heavy atom. The van der Waals surface area contributed by atoms with Crippen LogP contribution in [0.5, 0.6) is 11.5 Å². The molecule has 0 heterocycles. The molecule has 0 saturated heterocycles. The van der Waals surface area contributed by atoms with E-state index in [9.17, 15) is 10.1 Å². The second kappa shape index (κ2) is 11.6. The molecule has 4 aromatic carbocycles. The second-order valence-corrected chi connectivity index (χ2v) is 9.08. The fourth-order valence-electron chi connectivity index (χ4n) is 4.02. The van der Waals surface area contributed by atoms with Gasteiger partial charge in [-0.25, -0.2) is 0 Å². The van der Waals surface area contributed by atoms with Crippen LogP contribution in [0.15, 0.2) is 78.4 Å². The van der Waals surface area contributed by atoms with Gasteiger partial charge >= 0.3 is 0 Å². The van der Waals surface area contributed by atoms with E-state index in [4.69, 9.17) is 21.1 Å². The fraction of sp³-hybridized carbons (Fsp3) is 0.161. The van der Waals surface area contributed by atoms with Crippen molar-refractivity contribution < 1.29 is 14.3 Å². The fourth-order valence-corrected chi connectivity index (χ4v) is 4.29. The van der Waals surface area contributed by atoms with Crippen LogP contribution < -0.4 is 14.8 Å². The molecule has 0 aliphatic rings. The van der Waals surface area contributed by atoms with Crippen LogP contribution in [0.1, 0.15) is 29.2 Å². The molecule has 1 N–H and O–H groups in total. The summed E-state index contributed by atoms with van der Waals surface area (Å²) in [6.45, 7) is 6.45. The standard InChI is InChI=1S/C31H27ClN2O3/c1-4-36-29-17-23(15-26(18-33)31(35)34-28-12-9-20(2)13-21(28)3)16-27(32)30(29)37-19-22-10-11-24-7-5-6-8-25(24)14-22/h5-17H,4,19H2,1-3H3,(H,34,35)/b26-15+. The maximum Gasteiger partial charge on any atom is 0.266 e. The number of nitriles is 1. The first-order chi connectivity index (χ1) is 17.9. The van der Waals surface area contributed by atoms with Crippen LogP contribution in [0.3, 0.4) is 0 Å². The lowest BCUT2D eigenvalue weighted by atomic mass is 10.1. The number of ether oxygens (including phenoxy) is 2.